The van der Waals surface area contributed by atoms with Gasteiger partial charge < -0.3 is 9.97 Å². The fourth-order valence-electron chi connectivity index (χ4n) is 3.90. The summed E-state index contributed by atoms with van der Waals surface area (Å²) in [5, 5.41) is 1.98. The molecule has 0 saturated carbocycles. The first-order valence-corrected chi connectivity index (χ1v) is 9.33. The minimum absolute atomic E-state index is 0.157. The lowest BCUT2D eigenvalue weighted by Crippen LogP contribution is -2.30. The molecule has 0 amide bonds. The van der Waals surface area contributed by atoms with E-state index in [1.807, 2.05) is 18.3 Å². The zero-order chi connectivity index (χ0) is 19.1. The Labute approximate surface area is 160 Å². The first-order valence-electron chi connectivity index (χ1n) is 9.33. The molecule has 1 aliphatic heterocycles. The second-order valence-electron chi connectivity index (χ2n) is 7.17. The highest BCUT2D eigenvalue weighted by Crippen LogP contribution is 2.28. The van der Waals surface area contributed by atoms with Crippen molar-refractivity contribution >= 4 is 27.5 Å². The molecule has 6 heteroatoms. The van der Waals surface area contributed by atoms with Crippen LogP contribution in [0, 0.1) is 5.82 Å². The topological polar surface area (TPSA) is 64.8 Å². The summed E-state index contributed by atoms with van der Waals surface area (Å²) in [5.41, 5.74) is 4.48. The molecule has 4 aromatic rings. The average Bonchev–Trinajstić information content (AvgIpc) is 3.13. The third kappa shape index (κ3) is 3.01. The molecule has 5 nitrogen and oxygen atoms in total. The highest BCUT2D eigenvalue weighted by Gasteiger charge is 2.17. The minimum Gasteiger partial charge on any atom is -0.346 e. The summed E-state index contributed by atoms with van der Waals surface area (Å²) in [6.07, 6.45) is 6.95. The zero-order valence-corrected chi connectivity index (χ0v) is 15.2. The molecule has 0 fully saturated rings. The van der Waals surface area contributed by atoms with Gasteiger partial charge >= 0.3 is 0 Å². The van der Waals surface area contributed by atoms with Gasteiger partial charge in [0.2, 0.25) is 0 Å². The summed E-state index contributed by atoms with van der Waals surface area (Å²) in [4.78, 5) is 25.0. The van der Waals surface area contributed by atoms with E-state index < -0.39 is 0 Å². The molecule has 1 aliphatic rings. The van der Waals surface area contributed by atoms with Gasteiger partial charge in [0.1, 0.15) is 11.5 Å². The van der Waals surface area contributed by atoms with Crippen molar-refractivity contribution in [2.24, 2.45) is 0 Å². The Bertz CT molecular complexity index is 1270. The van der Waals surface area contributed by atoms with Crippen molar-refractivity contribution in [2.45, 2.75) is 13.0 Å². The van der Waals surface area contributed by atoms with E-state index in [2.05, 4.69) is 32.0 Å². The summed E-state index contributed by atoms with van der Waals surface area (Å²) in [6, 6.07) is 10.4. The van der Waals surface area contributed by atoms with Gasteiger partial charge in [0, 0.05) is 48.5 Å². The molecular weight excluding hydrogens is 355 g/mol. The van der Waals surface area contributed by atoms with E-state index in [-0.39, 0.29) is 11.4 Å². The molecule has 28 heavy (non-hydrogen) atoms. The van der Waals surface area contributed by atoms with E-state index in [0.29, 0.717) is 17.6 Å². The SMILES string of the molecule is O=c1[nH]c2cc(F)ccc2cc1CN1CC=C(c2c[nH]c3ncccc23)CC1. The number of fused-ring (bicyclic) bond motifs is 2. The van der Waals surface area contributed by atoms with Crippen molar-refractivity contribution < 1.29 is 4.39 Å². The van der Waals surface area contributed by atoms with Crippen LogP contribution in [0.3, 0.4) is 0 Å². The summed E-state index contributed by atoms with van der Waals surface area (Å²) < 4.78 is 13.3. The van der Waals surface area contributed by atoms with Gasteiger partial charge in [0.05, 0.1) is 5.52 Å². The van der Waals surface area contributed by atoms with Crippen LogP contribution in [0.5, 0.6) is 0 Å². The number of aromatic amines is 2. The smallest absolute Gasteiger partial charge is 0.252 e. The largest absolute Gasteiger partial charge is 0.346 e. The molecule has 5 rings (SSSR count). The lowest BCUT2D eigenvalue weighted by molar-refractivity contribution is 0.293. The van der Waals surface area contributed by atoms with Gasteiger partial charge in [-0.25, -0.2) is 9.37 Å². The summed E-state index contributed by atoms with van der Waals surface area (Å²) in [7, 11) is 0. The number of benzene rings is 1. The number of nitrogens with one attached hydrogen (secondary N) is 2. The van der Waals surface area contributed by atoms with E-state index >= 15 is 0 Å². The van der Waals surface area contributed by atoms with Crippen LogP contribution in [0.25, 0.3) is 27.5 Å². The third-order valence-corrected chi connectivity index (χ3v) is 5.37. The molecule has 140 valence electrons. The molecule has 3 aromatic heterocycles. The predicted molar refractivity (Wildman–Crippen MR) is 108 cm³/mol. The number of halogens is 1. The first kappa shape index (κ1) is 16.9. The lowest BCUT2D eigenvalue weighted by atomic mass is 9.99. The first-order chi connectivity index (χ1) is 13.7. The number of hydrogen-bond acceptors (Lipinski definition) is 3. The van der Waals surface area contributed by atoms with Gasteiger partial charge in [-0.2, -0.15) is 0 Å². The van der Waals surface area contributed by atoms with Crippen LogP contribution < -0.4 is 5.56 Å². The average molecular weight is 374 g/mol. The molecule has 0 spiro atoms. The fourth-order valence-corrected chi connectivity index (χ4v) is 3.90. The molecule has 1 aromatic carbocycles. The molecular formula is C22H19FN4O. The summed E-state index contributed by atoms with van der Waals surface area (Å²) in [5.74, 6) is -0.350. The van der Waals surface area contributed by atoms with Gasteiger partial charge in [-0.15, -0.1) is 0 Å². The molecule has 0 radical (unpaired) electrons. The lowest BCUT2D eigenvalue weighted by Gasteiger charge is -2.26. The van der Waals surface area contributed by atoms with Gasteiger partial charge in [-0.3, -0.25) is 9.69 Å². The molecule has 2 N–H and O–H groups in total. The monoisotopic (exact) mass is 374 g/mol. The number of aromatic nitrogens is 3. The van der Waals surface area contributed by atoms with Gasteiger partial charge in [-0.1, -0.05) is 6.08 Å². The molecule has 0 bridgehead atoms. The Morgan fingerprint density at radius 1 is 1.21 bits per heavy atom. The molecule has 0 unspecified atom stereocenters. The van der Waals surface area contributed by atoms with Crippen LogP contribution in [0.4, 0.5) is 4.39 Å². The van der Waals surface area contributed by atoms with Crippen molar-refractivity contribution in [3.05, 3.63) is 82.2 Å². The van der Waals surface area contributed by atoms with Crippen LogP contribution >= 0.6 is 0 Å². The maximum absolute atomic E-state index is 13.3. The second kappa shape index (κ2) is 6.73. The normalized spacial score (nSPS) is 15.2. The van der Waals surface area contributed by atoms with Crippen LogP contribution in [0.2, 0.25) is 0 Å². The Morgan fingerprint density at radius 2 is 2.14 bits per heavy atom. The van der Waals surface area contributed by atoms with Crippen LogP contribution in [0.15, 0.2) is 59.7 Å². The van der Waals surface area contributed by atoms with Gasteiger partial charge in [0.25, 0.3) is 5.56 Å². The Balaban J connectivity index is 1.37. The van der Waals surface area contributed by atoms with E-state index in [4.69, 9.17) is 0 Å². The third-order valence-electron chi connectivity index (χ3n) is 5.37. The van der Waals surface area contributed by atoms with Gasteiger partial charge in [-0.05, 0) is 53.8 Å². The molecule has 0 saturated heterocycles. The second-order valence-corrected chi connectivity index (χ2v) is 7.17. The molecule has 0 atom stereocenters. The zero-order valence-electron chi connectivity index (χ0n) is 15.2. The van der Waals surface area contributed by atoms with E-state index in [1.54, 1.807) is 12.3 Å². The highest BCUT2D eigenvalue weighted by atomic mass is 19.1. The van der Waals surface area contributed by atoms with Crippen LogP contribution in [0.1, 0.15) is 17.5 Å². The van der Waals surface area contributed by atoms with Crippen molar-refractivity contribution in [2.75, 3.05) is 13.1 Å². The van der Waals surface area contributed by atoms with Crippen molar-refractivity contribution in [1.29, 1.82) is 0 Å². The molecule has 0 aliphatic carbocycles. The summed E-state index contributed by atoms with van der Waals surface area (Å²) in [6.45, 7) is 2.23. The Morgan fingerprint density at radius 3 is 3.00 bits per heavy atom. The standard InChI is InChI=1S/C22H19FN4O/c23-17-4-3-15-10-16(22(28)26-20(15)11-17)13-27-8-5-14(6-9-27)19-12-25-21-18(19)2-1-7-24-21/h1-5,7,10-12H,6,8-9,13H2,(H,24,25)(H,26,28). The van der Waals surface area contributed by atoms with Crippen molar-refractivity contribution in [3.8, 4) is 0 Å². The maximum atomic E-state index is 13.3. The predicted octanol–water partition coefficient (Wildman–Crippen LogP) is 3.83. The van der Waals surface area contributed by atoms with Gasteiger partial charge in [0.15, 0.2) is 0 Å². The number of H-pyrrole nitrogens is 2. The van der Waals surface area contributed by atoms with Crippen LogP contribution in [-0.4, -0.2) is 32.9 Å². The van der Waals surface area contributed by atoms with E-state index in [1.165, 1.54) is 23.3 Å². The minimum atomic E-state index is -0.350. The molecule has 4 heterocycles. The number of nitrogens with zero attached hydrogens (tertiary/aromatic N) is 2. The fraction of sp³-hybridized carbons (Fsp3) is 0.182. The quantitative estimate of drug-likeness (QED) is 0.573. The van der Waals surface area contributed by atoms with Crippen molar-refractivity contribution in [3.63, 3.8) is 0 Å². The number of pyridine rings is 2. The maximum Gasteiger partial charge on any atom is 0.252 e. The van der Waals surface area contributed by atoms with E-state index in [9.17, 15) is 9.18 Å². The number of rotatable bonds is 3. The van der Waals surface area contributed by atoms with Crippen LogP contribution in [-0.2, 0) is 6.54 Å². The number of hydrogen-bond donors (Lipinski definition) is 2. The Hall–Kier alpha value is -3.25. The van der Waals surface area contributed by atoms with E-state index in [0.717, 1.165) is 35.9 Å². The highest BCUT2D eigenvalue weighted by molar-refractivity contribution is 5.90. The Kier molecular flexibility index (Phi) is 4.06. The van der Waals surface area contributed by atoms with Crippen molar-refractivity contribution in [1.82, 2.24) is 19.9 Å². The summed E-state index contributed by atoms with van der Waals surface area (Å²) >= 11 is 0.